The molecule has 1 aromatic carbocycles. The molecular formula is C16H20F2N4. The Morgan fingerprint density at radius 1 is 1.09 bits per heavy atom. The summed E-state index contributed by atoms with van der Waals surface area (Å²) in [5.74, 6) is -0.125. The van der Waals surface area contributed by atoms with Gasteiger partial charge in [0.05, 0.1) is 0 Å². The van der Waals surface area contributed by atoms with E-state index in [-0.39, 0.29) is 0 Å². The van der Waals surface area contributed by atoms with Crippen LogP contribution in [0.2, 0.25) is 0 Å². The average Bonchev–Trinajstić information content (AvgIpc) is 2.42. The van der Waals surface area contributed by atoms with Crippen LogP contribution >= 0.6 is 0 Å². The van der Waals surface area contributed by atoms with Crippen LogP contribution in [0.25, 0.3) is 0 Å². The molecule has 1 aromatic heterocycles. The topological polar surface area (TPSA) is 49.8 Å². The van der Waals surface area contributed by atoms with E-state index in [0.29, 0.717) is 23.4 Å². The molecule has 4 nitrogen and oxygen atoms in total. The molecule has 0 atom stereocenters. The minimum absolute atomic E-state index is 0.435. The fourth-order valence-corrected chi connectivity index (χ4v) is 1.91. The van der Waals surface area contributed by atoms with Crippen LogP contribution < -0.4 is 10.6 Å². The largest absolute Gasteiger partial charge is 0.354 e. The zero-order chi connectivity index (χ0) is 16.1. The van der Waals surface area contributed by atoms with E-state index in [0.717, 1.165) is 30.8 Å². The van der Waals surface area contributed by atoms with E-state index < -0.39 is 11.6 Å². The molecule has 118 valence electrons. The minimum atomic E-state index is -0.897. The summed E-state index contributed by atoms with van der Waals surface area (Å²) in [6.07, 6.45) is 1.02. The smallest absolute Gasteiger partial charge is 0.224 e. The fourth-order valence-electron chi connectivity index (χ4n) is 1.91. The molecule has 1 heterocycles. The number of hydrogen-bond acceptors (Lipinski definition) is 4. The second kappa shape index (κ2) is 7.15. The summed E-state index contributed by atoms with van der Waals surface area (Å²) < 4.78 is 26.2. The summed E-state index contributed by atoms with van der Waals surface area (Å²) in [7, 11) is 0. The van der Waals surface area contributed by atoms with Crippen molar-refractivity contribution in [2.24, 2.45) is 5.92 Å². The van der Waals surface area contributed by atoms with Crippen molar-refractivity contribution in [3.8, 4) is 0 Å². The maximum Gasteiger partial charge on any atom is 0.224 e. The molecule has 0 amide bonds. The van der Waals surface area contributed by atoms with Gasteiger partial charge in [-0.2, -0.15) is 4.98 Å². The van der Waals surface area contributed by atoms with Crippen molar-refractivity contribution in [2.45, 2.75) is 27.2 Å². The van der Waals surface area contributed by atoms with Crippen molar-refractivity contribution in [3.05, 3.63) is 41.6 Å². The molecule has 0 saturated carbocycles. The summed E-state index contributed by atoms with van der Waals surface area (Å²) in [4.78, 5) is 8.64. The molecule has 0 saturated heterocycles. The third kappa shape index (κ3) is 4.65. The predicted octanol–water partition coefficient (Wildman–Crippen LogP) is 4.26. The minimum Gasteiger partial charge on any atom is -0.354 e. The van der Waals surface area contributed by atoms with Gasteiger partial charge in [0, 0.05) is 30.1 Å². The number of aryl methyl sites for hydroxylation is 1. The molecule has 0 aliphatic heterocycles. The molecule has 0 aliphatic rings. The maximum atomic E-state index is 13.2. The zero-order valence-electron chi connectivity index (χ0n) is 13.0. The number of halogens is 2. The lowest BCUT2D eigenvalue weighted by Crippen LogP contribution is -2.09. The molecular weight excluding hydrogens is 286 g/mol. The lowest BCUT2D eigenvalue weighted by atomic mass is 10.1. The highest BCUT2D eigenvalue weighted by Crippen LogP contribution is 2.19. The van der Waals surface area contributed by atoms with E-state index >= 15 is 0 Å². The van der Waals surface area contributed by atoms with E-state index in [2.05, 4.69) is 34.4 Å². The van der Waals surface area contributed by atoms with Gasteiger partial charge in [0.2, 0.25) is 5.95 Å². The number of nitrogens with one attached hydrogen (secondary N) is 2. The lowest BCUT2D eigenvalue weighted by molar-refractivity contribution is 0.509. The molecule has 0 unspecified atom stereocenters. The Labute approximate surface area is 129 Å². The maximum absolute atomic E-state index is 13.2. The van der Waals surface area contributed by atoms with Crippen molar-refractivity contribution in [1.29, 1.82) is 0 Å². The highest BCUT2D eigenvalue weighted by atomic mass is 19.2. The predicted molar refractivity (Wildman–Crippen MR) is 84.4 cm³/mol. The van der Waals surface area contributed by atoms with Gasteiger partial charge in [0.1, 0.15) is 5.82 Å². The Bertz CT molecular complexity index is 644. The van der Waals surface area contributed by atoms with Crippen LogP contribution in [0.4, 0.5) is 26.2 Å². The van der Waals surface area contributed by atoms with E-state index in [1.807, 2.05) is 6.92 Å². The van der Waals surface area contributed by atoms with Gasteiger partial charge in [-0.15, -0.1) is 0 Å². The van der Waals surface area contributed by atoms with E-state index in [1.165, 1.54) is 6.07 Å². The summed E-state index contributed by atoms with van der Waals surface area (Å²) in [6, 6.07) is 5.38. The van der Waals surface area contributed by atoms with Gasteiger partial charge >= 0.3 is 0 Å². The van der Waals surface area contributed by atoms with Crippen LogP contribution in [0.5, 0.6) is 0 Å². The third-order valence-electron chi connectivity index (χ3n) is 3.05. The molecule has 0 radical (unpaired) electrons. The molecule has 2 N–H and O–H groups in total. The summed E-state index contributed by atoms with van der Waals surface area (Å²) in [5, 5.41) is 6.12. The molecule has 0 spiro atoms. The second-order valence-electron chi connectivity index (χ2n) is 5.58. The number of anilines is 3. The molecule has 22 heavy (non-hydrogen) atoms. The van der Waals surface area contributed by atoms with Crippen molar-refractivity contribution < 1.29 is 8.78 Å². The van der Waals surface area contributed by atoms with E-state index in [4.69, 9.17) is 0 Å². The Kier molecular flexibility index (Phi) is 5.25. The lowest BCUT2D eigenvalue weighted by Gasteiger charge is -2.11. The first-order valence-electron chi connectivity index (χ1n) is 7.25. The number of nitrogens with zero attached hydrogens (tertiary/aromatic N) is 2. The van der Waals surface area contributed by atoms with Gasteiger partial charge in [0.15, 0.2) is 11.6 Å². The van der Waals surface area contributed by atoms with Gasteiger partial charge in [-0.3, -0.25) is 0 Å². The number of aromatic nitrogens is 2. The summed E-state index contributed by atoms with van der Waals surface area (Å²) in [5.41, 5.74) is 1.22. The van der Waals surface area contributed by atoms with Crippen molar-refractivity contribution in [1.82, 2.24) is 9.97 Å². The molecule has 2 rings (SSSR count). The molecule has 0 fully saturated rings. The van der Waals surface area contributed by atoms with Crippen LogP contribution in [0.3, 0.4) is 0 Å². The molecule has 6 heteroatoms. The zero-order valence-corrected chi connectivity index (χ0v) is 13.0. The number of benzene rings is 1. The van der Waals surface area contributed by atoms with Crippen molar-refractivity contribution in [2.75, 3.05) is 17.2 Å². The monoisotopic (exact) mass is 306 g/mol. The van der Waals surface area contributed by atoms with E-state index in [9.17, 15) is 8.78 Å². The summed E-state index contributed by atoms with van der Waals surface area (Å²) in [6.45, 7) is 6.93. The van der Waals surface area contributed by atoms with Crippen LogP contribution in [0.15, 0.2) is 24.3 Å². The fraction of sp³-hybridized carbons (Fsp3) is 0.375. The first-order valence-corrected chi connectivity index (χ1v) is 7.25. The van der Waals surface area contributed by atoms with E-state index in [1.54, 1.807) is 6.07 Å². The molecule has 0 bridgehead atoms. The number of hydrogen-bond donors (Lipinski definition) is 2. The van der Waals surface area contributed by atoms with Crippen LogP contribution in [-0.4, -0.2) is 16.5 Å². The Hall–Kier alpha value is -2.24. The Morgan fingerprint density at radius 2 is 1.86 bits per heavy atom. The van der Waals surface area contributed by atoms with Crippen LogP contribution in [0.1, 0.15) is 26.0 Å². The highest BCUT2D eigenvalue weighted by Gasteiger charge is 2.06. The first-order chi connectivity index (χ1) is 10.4. The van der Waals surface area contributed by atoms with Gasteiger partial charge in [-0.25, -0.2) is 13.8 Å². The average molecular weight is 306 g/mol. The standard InChI is InChI=1S/C16H20F2N4/c1-10(2)6-7-19-16-20-11(3)8-15(22-16)21-12-4-5-13(17)14(18)9-12/h4-5,8-10H,6-7H2,1-3H3,(H2,19,20,21,22). The SMILES string of the molecule is Cc1cc(Nc2ccc(F)c(F)c2)nc(NCCC(C)C)n1. The van der Waals surface area contributed by atoms with Gasteiger partial charge in [-0.05, 0) is 31.4 Å². The van der Waals surface area contributed by atoms with Crippen molar-refractivity contribution >= 4 is 17.5 Å². The first kappa shape index (κ1) is 16.1. The van der Waals surface area contributed by atoms with Crippen LogP contribution in [0, 0.1) is 24.5 Å². The second-order valence-corrected chi connectivity index (χ2v) is 5.58. The summed E-state index contributed by atoms with van der Waals surface area (Å²) >= 11 is 0. The Morgan fingerprint density at radius 3 is 2.55 bits per heavy atom. The van der Waals surface area contributed by atoms with Crippen molar-refractivity contribution in [3.63, 3.8) is 0 Å². The highest BCUT2D eigenvalue weighted by molar-refractivity contribution is 5.57. The molecule has 0 aliphatic carbocycles. The van der Waals surface area contributed by atoms with Gasteiger partial charge in [0.25, 0.3) is 0 Å². The third-order valence-corrected chi connectivity index (χ3v) is 3.05. The molecule has 2 aromatic rings. The normalized spacial score (nSPS) is 10.8. The Balaban J connectivity index is 2.10. The quantitative estimate of drug-likeness (QED) is 0.837. The van der Waals surface area contributed by atoms with Gasteiger partial charge in [-0.1, -0.05) is 13.8 Å². The number of rotatable bonds is 6. The van der Waals surface area contributed by atoms with Crippen LogP contribution in [-0.2, 0) is 0 Å². The van der Waals surface area contributed by atoms with Gasteiger partial charge < -0.3 is 10.6 Å².